The maximum Gasteiger partial charge on any atom is 0.312 e. The highest BCUT2D eigenvalue weighted by molar-refractivity contribution is 5.72. The monoisotopic (exact) mass is 179 g/mol. The van der Waals surface area contributed by atoms with Gasteiger partial charge in [0, 0.05) is 6.04 Å². The Morgan fingerprint density at radius 3 is 2.62 bits per heavy atom. The SMILES string of the molecule is CC(N)CC(=O)Oc1ccccc1. The third-order valence-electron chi connectivity index (χ3n) is 1.46. The Kier molecular flexibility index (Phi) is 3.46. The standard InChI is InChI=1S/C10H13NO2/c1-8(11)7-10(12)13-9-5-3-2-4-6-9/h2-6,8H,7,11H2,1H3. The molecule has 0 saturated carbocycles. The molecule has 1 atom stereocenters. The molecule has 13 heavy (non-hydrogen) atoms. The molecule has 70 valence electrons. The molecule has 0 radical (unpaired) electrons. The van der Waals surface area contributed by atoms with Gasteiger partial charge >= 0.3 is 5.97 Å². The van der Waals surface area contributed by atoms with E-state index in [1.807, 2.05) is 18.2 Å². The molecule has 3 nitrogen and oxygen atoms in total. The first-order valence-electron chi connectivity index (χ1n) is 4.20. The molecule has 0 aromatic heterocycles. The van der Waals surface area contributed by atoms with Gasteiger partial charge in [-0.2, -0.15) is 0 Å². The Morgan fingerprint density at radius 1 is 1.46 bits per heavy atom. The van der Waals surface area contributed by atoms with Gasteiger partial charge in [0.1, 0.15) is 5.75 Å². The summed E-state index contributed by atoms with van der Waals surface area (Å²) in [6.07, 6.45) is 0.245. The summed E-state index contributed by atoms with van der Waals surface area (Å²) in [6.45, 7) is 1.77. The largest absolute Gasteiger partial charge is 0.426 e. The number of benzene rings is 1. The summed E-state index contributed by atoms with van der Waals surface area (Å²) < 4.78 is 5.01. The number of rotatable bonds is 3. The van der Waals surface area contributed by atoms with Crippen molar-refractivity contribution in [1.82, 2.24) is 0 Å². The third-order valence-corrected chi connectivity index (χ3v) is 1.46. The fourth-order valence-electron chi connectivity index (χ4n) is 0.925. The minimum atomic E-state index is -0.291. The second kappa shape index (κ2) is 4.62. The van der Waals surface area contributed by atoms with E-state index in [1.165, 1.54) is 0 Å². The van der Waals surface area contributed by atoms with Crippen LogP contribution in [0.15, 0.2) is 30.3 Å². The third kappa shape index (κ3) is 3.71. The highest BCUT2D eigenvalue weighted by Gasteiger charge is 2.06. The van der Waals surface area contributed by atoms with Gasteiger partial charge in [-0.25, -0.2) is 0 Å². The summed E-state index contributed by atoms with van der Waals surface area (Å²) in [5.74, 6) is 0.273. The van der Waals surface area contributed by atoms with Crippen molar-refractivity contribution in [3.63, 3.8) is 0 Å². The van der Waals surface area contributed by atoms with E-state index in [9.17, 15) is 4.79 Å². The van der Waals surface area contributed by atoms with Crippen LogP contribution < -0.4 is 10.5 Å². The highest BCUT2D eigenvalue weighted by atomic mass is 16.5. The minimum absolute atomic E-state index is 0.156. The van der Waals surface area contributed by atoms with Crippen LogP contribution in [0.25, 0.3) is 0 Å². The predicted octanol–water partition coefficient (Wildman–Crippen LogP) is 1.33. The van der Waals surface area contributed by atoms with Gasteiger partial charge in [0.2, 0.25) is 0 Å². The lowest BCUT2D eigenvalue weighted by molar-refractivity contribution is -0.134. The van der Waals surface area contributed by atoms with Crippen LogP contribution in [0, 0.1) is 0 Å². The van der Waals surface area contributed by atoms with Gasteiger partial charge in [-0.3, -0.25) is 4.79 Å². The van der Waals surface area contributed by atoms with Crippen LogP contribution in [0.5, 0.6) is 5.75 Å². The summed E-state index contributed by atoms with van der Waals surface area (Å²) in [4.78, 5) is 11.1. The molecular formula is C10H13NO2. The Labute approximate surface area is 77.5 Å². The lowest BCUT2D eigenvalue weighted by Gasteiger charge is -2.05. The predicted molar refractivity (Wildman–Crippen MR) is 50.3 cm³/mol. The number of nitrogens with two attached hydrogens (primary N) is 1. The Hall–Kier alpha value is -1.35. The van der Waals surface area contributed by atoms with Gasteiger partial charge < -0.3 is 10.5 Å². The zero-order chi connectivity index (χ0) is 9.68. The van der Waals surface area contributed by atoms with Crippen LogP contribution in [0.3, 0.4) is 0 Å². The first kappa shape index (κ1) is 9.74. The van der Waals surface area contributed by atoms with Gasteiger partial charge in [0.25, 0.3) is 0 Å². The molecule has 0 aliphatic rings. The van der Waals surface area contributed by atoms with Crippen molar-refractivity contribution in [2.24, 2.45) is 5.73 Å². The van der Waals surface area contributed by atoms with Crippen LogP contribution in [0.1, 0.15) is 13.3 Å². The zero-order valence-electron chi connectivity index (χ0n) is 7.57. The molecule has 2 N–H and O–H groups in total. The van der Waals surface area contributed by atoms with E-state index < -0.39 is 0 Å². The average molecular weight is 179 g/mol. The Morgan fingerprint density at radius 2 is 2.08 bits per heavy atom. The van der Waals surface area contributed by atoms with Crippen molar-refractivity contribution in [2.45, 2.75) is 19.4 Å². The molecule has 0 aliphatic heterocycles. The topological polar surface area (TPSA) is 52.3 Å². The van der Waals surface area contributed by atoms with E-state index >= 15 is 0 Å². The fourth-order valence-corrected chi connectivity index (χ4v) is 0.925. The van der Waals surface area contributed by atoms with Crippen LogP contribution in [-0.4, -0.2) is 12.0 Å². The van der Waals surface area contributed by atoms with Gasteiger partial charge in [0.15, 0.2) is 0 Å². The summed E-state index contributed by atoms with van der Waals surface area (Å²) in [5.41, 5.74) is 5.45. The average Bonchev–Trinajstić information content (AvgIpc) is 2.04. The van der Waals surface area contributed by atoms with E-state index in [-0.39, 0.29) is 18.4 Å². The Bertz CT molecular complexity index is 270. The van der Waals surface area contributed by atoms with Crippen molar-refractivity contribution >= 4 is 5.97 Å². The van der Waals surface area contributed by atoms with Crippen LogP contribution >= 0.6 is 0 Å². The molecule has 0 amide bonds. The van der Waals surface area contributed by atoms with Crippen molar-refractivity contribution in [3.8, 4) is 5.75 Å². The highest BCUT2D eigenvalue weighted by Crippen LogP contribution is 2.09. The molecule has 0 fully saturated rings. The van der Waals surface area contributed by atoms with Crippen molar-refractivity contribution in [3.05, 3.63) is 30.3 Å². The van der Waals surface area contributed by atoms with Gasteiger partial charge in [-0.05, 0) is 19.1 Å². The second-order valence-electron chi connectivity index (χ2n) is 2.97. The normalized spacial score (nSPS) is 12.2. The van der Waals surface area contributed by atoms with Crippen molar-refractivity contribution < 1.29 is 9.53 Å². The maximum absolute atomic E-state index is 11.1. The van der Waals surface area contributed by atoms with Crippen LogP contribution in [0.2, 0.25) is 0 Å². The first-order chi connectivity index (χ1) is 6.18. The van der Waals surface area contributed by atoms with E-state index in [2.05, 4.69) is 0 Å². The molecule has 1 aromatic carbocycles. The van der Waals surface area contributed by atoms with E-state index in [0.29, 0.717) is 5.75 Å². The van der Waals surface area contributed by atoms with Crippen LogP contribution in [0.4, 0.5) is 0 Å². The summed E-state index contributed by atoms with van der Waals surface area (Å²) >= 11 is 0. The van der Waals surface area contributed by atoms with Gasteiger partial charge in [-0.1, -0.05) is 18.2 Å². The molecule has 1 unspecified atom stereocenters. The number of hydrogen-bond acceptors (Lipinski definition) is 3. The summed E-state index contributed by atoms with van der Waals surface area (Å²) in [7, 11) is 0. The van der Waals surface area contributed by atoms with Gasteiger partial charge in [0.05, 0.1) is 6.42 Å². The quantitative estimate of drug-likeness (QED) is 0.562. The molecule has 0 heterocycles. The summed E-state index contributed by atoms with van der Waals surface area (Å²) in [6, 6.07) is 8.81. The first-order valence-corrected chi connectivity index (χ1v) is 4.20. The molecule has 3 heteroatoms. The smallest absolute Gasteiger partial charge is 0.312 e. The molecule has 0 spiro atoms. The molecule has 0 bridgehead atoms. The molecule has 0 aliphatic carbocycles. The van der Waals surface area contributed by atoms with E-state index in [1.54, 1.807) is 19.1 Å². The van der Waals surface area contributed by atoms with Gasteiger partial charge in [-0.15, -0.1) is 0 Å². The lowest BCUT2D eigenvalue weighted by atomic mass is 10.2. The lowest BCUT2D eigenvalue weighted by Crippen LogP contribution is -2.22. The summed E-state index contributed by atoms with van der Waals surface area (Å²) in [5, 5.41) is 0. The number of carbonyl (C=O) groups excluding carboxylic acids is 1. The number of para-hydroxylation sites is 1. The van der Waals surface area contributed by atoms with E-state index in [0.717, 1.165) is 0 Å². The number of ether oxygens (including phenoxy) is 1. The fraction of sp³-hybridized carbons (Fsp3) is 0.300. The number of carbonyl (C=O) groups is 1. The molecule has 1 aromatic rings. The molecular weight excluding hydrogens is 166 g/mol. The Balaban J connectivity index is 2.46. The van der Waals surface area contributed by atoms with E-state index in [4.69, 9.17) is 10.5 Å². The van der Waals surface area contributed by atoms with Crippen molar-refractivity contribution in [1.29, 1.82) is 0 Å². The van der Waals surface area contributed by atoms with Crippen LogP contribution in [-0.2, 0) is 4.79 Å². The number of esters is 1. The van der Waals surface area contributed by atoms with Crippen molar-refractivity contribution in [2.75, 3.05) is 0 Å². The minimum Gasteiger partial charge on any atom is -0.426 e. The maximum atomic E-state index is 11.1. The number of hydrogen-bond donors (Lipinski definition) is 1. The zero-order valence-corrected chi connectivity index (χ0v) is 7.57. The molecule has 0 saturated heterocycles. The molecule has 1 rings (SSSR count). The second-order valence-corrected chi connectivity index (χ2v) is 2.97.